The van der Waals surface area contributed by atoms with Crippen molar-refractivity contribution in [2.24, 2.45) is 0 Å². The molecule has 1 N–H and O–H groups in total. The van der Waals surface area contributed by atoms with E-state index in [-0.39, 0.29) is 0 Å². The van der Waals surface area contributed by atoms with Crippen LogP contribution in [0.1, 0.15) is 20.3 Å². The van der Waals surface area contributed by atoms with Crippen molar-refractivity contribution in [1.82, 2.24) is 5.32 Å². The van der Waals surface area contributed by atoms with E-state index in [0.29, 0.717) is 0 Å². The highest BCUT2D eigenvalue weighted by atomic mass is 14.8. The lowest BCUT2D eigenvalue weighted by molar-refractivity contribution is 0.764. The molecule has 0 aliphatic heterocycles. The van der Waals surface area contributed by atoms with Gasteiger partial charge in [-0.1, -0.05) is 6.92 Å². The Hall–Kier alpha value is -0.0400. The molecule has 0 heterocycles. The second-order valence-corrected chi connectivity index (χ2v) is 1.24. The average molecular weight is 86.2 g/mol. The number of nitrogens with one attached hydrogen (secondary N) is 1. The quantitative estimate of drug-likeness (QED) is 0.508. The van der Waals surface area contributed by atoms with Gasteiger partial charge in [0.25, 0.3) is 0 Å². The summed E-state index contributed by atoms with van der Waals surface area (Å²) in [6.07, 6.45) is 1.21. The molecule has 0 atom stereocenters. The van der Waals surface area contributed by atoms with E-state index in [1.165, 1.54) is 6.42 Å². The first-order valence-electron chi connectivity index (χ1n) is 2.43. The molecule has 0 spiro atoms. The highest BCUT2D eigenvalue weighted by molar-refractivity contribution is 4.49. The van der Waals surface area contributed by atoms with Crippen molar-refractivity contribution in [2.75, 3.05) is 6.54 Å². The van der Waals surface area contributed by atoms with Gasteiger partial charge in [-0.05, 0) is 19.9 Å². The highest BCUT2D eigenvalue weighted by Gasteiger charge is 1.72. The average Bonchev–Trinajstić information content (AvgIpc) is 1.61. The molecular weight excluding hydrogens is 74.1 g/mol. The Kier molecular flexibility index (Phi) is 4.93. The lowest BCUT2D eigenvalue weighted by Gasteiger charge is -1.91. The van der Waals surface area contributed by atoms with E-state index in [0.717, 1.165) is 6.54 Å². The van der Waals surface area contributed by atoms with Crippen LogP contribution in [0.3, 0.4) is 0 Å². The fourth-order valence-corrected chi connectivity index (χ4v) is 0.289. The number of hydrogen-bond donors (Lipinski definition) is 1. The van der Waals surface area contributed by atoms with Crippen molar-refractivity contribution in [1.29, 1.82) is 0 Å². The molecule has 0 saturated carbocycles. The topological polar surface area (TPSA) is 12.0 Å². The monoisotopic (exact) mass is 86.1 g/mol. The molecule has 37 valence electrons. The van der Waals surface area contributed by atoms with E-state index in [4.69, 9.17) is 0 Å². The van der Waals surface area contributed by atoms with Crippen LogP contribution in [-0.2, 0) is 0 Å². The van der Waals surface area contributed by atoms with Crippen LogP contribution in [0.4, 0.5) is 0 Å². The van der Waals surface area contributed by atoms with Crippen LogP contribution in [0.5, 0.6) is 0 Å². The fourth-order valence-electron chi connectivity index (χ4n) is 0.289. The van der Waals surface area contributed by atoms with Crippen LogP contribution < -0.4 is 5.32 Å². The summed E-state index contributed by atoms with van der Waals surface area (Å²) in [6, 6.07) is 0. The first-order valence-corrected chi connectivity index (χ1v) is 2.43. The zero-order chi connectivity index (χ0) is 4.83. The molecule has 6 heavy (non-hydrogen) atoms. The molecule has 0 aromatic carbocycles. The summed E-state index contributed by atoms with van der Waals surface area (Å²) in [6.45, 7) is 7.21. The molecule has 1 radical (unpaired) electrons. The summed E-state index contributed by atoms with van der Waals surface area (Å²) in [5.74, 6) is 0. The molecule has 0 rings (SSSR count). The van der Waals surface area contributed by atoms with Crippen LogP contribution in [0.25, 0.3) is 0 Å². The maximum atomic E-state index is 3.07. The Morgan fingerprint density at radius 1 is 1.67 bits per heavy atom. The Bertz CT molecular complexity index is 15.9. The van der Waals surface area contributed by atoms with Gasteiger partial charge in [-0.15, -0.1) is 0 Å². The van der Waals surface area contributed by atoms with Gasteiger partial charge in [-0.25, -0.2) is 0 Å². The molecule has 0 amide bonds. The van der Waals surface area contributed by atoms with Crippen molar-refractivity contribution in [2.45, 2.75) is 20.3 Å². The summed E-state index contributed by atoms with van der Waals surface area (Å²) in [5, 5.41) is 3.07. The second kappa shape index (κ2) is 4.96. The molecule has 0 unspecified atom stereocenters. The van der Waals surface area contributed by atoms with E-state index < -0.39 is 0 Å². The van der Waals surface area contributed by atoms with E-state index in [2.05, 4.69) is 12.2 Å². The summed E-state index contributed by atoms with van der Waals surface area (Å²) in [5.41, 5.74) is 0. The number of hydrogen-bond acceptors (Lipinski definition) is 1. The maximum absolute atomic E-state index is 3.07. The Balaban J connectivity index is 2.34. The van der Waals surface area contributed by atoms with Crippen LogP contribution in [-0.4, -0.2) is 6.54 Å². The minimum Gasteiger partial charge on any atom is -0.313 e. The van der Waals surface area contributed by atoms with Crippen LogP contribution in [0.15, 0.2) is 0 Å². The molecule has 0 saturated heterocycles. The largest absolute Gasteiger partial charge is 0.313 e. The normalized spacial score (nSPS) is 9.00. The van der Waals surface area contributed by atoms with Gasteiger partial charge in [0.2, 0.25) is 0 Å². The fraction of sp³-hybridized carbons (Fsp3) is 0.800. The molecule has 0 aromatic heterocycles. The molecule has 0 aliphatic rings. The summed E-state index contributed by atoms with van der Waals surface area (Å²) >= 11 is 0. The molecule has 0 aromatic rings. The van der Waals surface area contributed by atoms with Crippen LogP contribution in [0, 0.1) is 6.54 Å². The van der Waals surface area contributed by atoms with Crippen LogP contribution in [0.2, 0.25) is 0 Å². The molecule has 0 bridgehead atoms. The van der Waals surface area contributed by atoms with E-state index in [1.54, 1.807) is 0 Å². The predicted octanol–water partition coefficient (Wildman–Crippen LogP) is 1.17. The Morgan fingerprint density at radius 3 is 2.50 bits per heavy atom. The molecule has 0 aliphatic carbocycles. The Morgan fingerprint density at radius 2 is 2.33 bits per heavy atom. The predicted molar refractivity (Wildman–Crippen MR) is 28.3 cm³/mol. The lowest BCUT2D eigenvalue weighted by Crippen LogP contribution is -2.07. The van der Waals surface area contributed by atoms with E-state index in [1.807, 2.05) is 13.5 Å². The minimum absolute atomic E-state index is 1.11. The zero-order valence-corrected chi connectivity index (χ0v) is 4.49. The van der Waals surface area contributed by atoms with Crippen LogP contribution >= 0.6 is 0 Å². The lowest BCUT2D eigenvalue weighted by atomic mass is 10.5. The first-order chi connectivity index (χ1) is 2.91. The smallest absolute Gasteiger partial charge is 0.0190 e. The van der Waals surface area contributed by atoms with Crippen molar-refractivity contribution >= 4 is 0 Å². The van der Waals surface area contributed by atoms with Crippen molar-refractivity contribution in [3.63, 3.8) is 0 Å². The third kappa shape index (κ3) is 3.96. The number of rotatable bonds is 3. The summed E-state index contributed by atoms with van der Waals surface area (Å²) in [4.78, 5) is 0. The third-order valence-corrected chi connectivity index (χ3v) is 0.598. The van der Waals surface area contributed by atoms with Gasteiger partial charge in [-0.3, -0.25) is 0 Å². The van der Waals surface area contributed by atoms with Gasteiger partial charge in [-0.2, -0.15) is 0 Å². The van der Waals surface area contributed by atoms with Gasteiger partial charge in [0.1, 0.15) is 0 Å². The highest BCUT2D eigenvalue weighted by Crippen LogP contribution is 1.68. The van der Waals surface area contributed by atoms with Crippen molar-refractivity contribution in [3.05, 3.63) is 6.54 Å². The van der Waals surface area contributed by atoms with Gasteiger partial charge < -0.3 is 5.32 Å². The van der Waals surface area contributed by atoms with Crippen molar-refractivity contribution < 1.29 is 0 Å². The van der Waals surface area contributed by atoms with Gasteiger partial charge >= 0.3 is 0 Å². The summed E-state index contributed by atoms with van der Waals surface area (Å²) < 4.78 is 0. The first kappa shape index (κ1) is 5.96. The molecule has 1 heteroatoms. The maximum Gasteiger partial charge on any atom is 0.0190 e. The third-order valence-electron chi connectivity index (χ3n) is 0.598. The standard InChI is InChI=1S/C5H12N/c1-3-5-6-4-2/h4,6H,3,5H2,1-2H3. The second-order valence-electron chi connectivity index (χ2n) is 1.24. The van der Waals surface area contributed by atoms with Gasteiger partial charge in [0, 0.05) is 6.54 Å². The SMILES string of the molecule is C[CH]NCCC. The Labute approximate surface area is 39.7 Å². The van der Waals surface area contributed by atoms with Crippen molar-refractivity contribution in [3.8, 4) is 0 Å². The molecule has 0 fully saturated rings. The van der Waals surface area contributed by atoms with Gasteiger partial charge in [0.05, 0.1) is 0 Å². The summed E-state index contributed by atoms with van der Waals surface area (Å²) in [7, 11) is 0. The molecular formula is C5H12N. The van der Waals surface area contributed by atoms with Gasteiger partial charge in [0.15, 0.2) is 0 Å². The molecule has 1 nitrogen and oxygen atoms in total. The zero-order valence-electron chi connectivity index (χ0n) is 4.49. The van der Waals surface area contributed by atoms with E-state index in [9.17, 15) is 0 Å². The minimum atomic E-state index is 1.11. The van der Waals surface area contributed by atoms with E-state index >= 15 is 0 Å².